The minimum absolute atomic E-state index is 0.303. The van der Waals surface area contributed by atoms with Gasteiger partial charge in [-0.05, 0) is 44.5 Å². The van der Waals surface area contributed by atoms with E-state index in [9.17, 15) is 0 Å². The number of para-hydroxylation sites is 1. The Morgan fingerprint density at radius 2 is 1.54 bits per heavy atom. The fourth-order valence-electron chi connectivity index (χ4n) is 2.98. The van der Waals surface area contributed by atoms with Gasteiger partial charge in [0.05, 0.1) is 0 Å². The van der Waals surface area contributed by atoms with E-state index in [1.165, 1.54) is 5.56 Å². The fourth-order valence-corrected chi connectivity index (χ4v) is 2.98. The first-order valence-electron chi connectivity index (χ1n) is 9.15. The van der Waals surface area contributed by atoms with Crippen molar-refractivity contribution in [3.8, 4) is 0 Å². The number of anilines is 3. The molecule has 0 fully saturated rings. The van der Waals surface area contributed by atoms with Crippen molar-refractivity contribution >= 4 is 17.5 Å². The van der Waals surface area contributed by atoms with Gasteiger partial charge in [0, 0.05) is 31.0 Å². The zero-order valence-electron chi connectivity index (χ0n) is 15.7. The van der Waals surface area contributed by atoms with Crippen LogP contribution in [-0.2, 0) is 6.54 Å². The zero-order valence-corrected chi connectivity index (χ0v) is 15.7. The van der Waals surface area contributed by atoms with Crippen molar-refractivity contribution in [1.82, 2.24) is 9.97 Å². The van der Waals surface area contributed by atoms with Gasteiger partial charge in [-0.15, -0.1) is 0 Å². The summed E-state index contributed by atoms with van der Waals surface area (Å²) in [6.07, 6.45) is 1.85. The molecule has 0 aliphatic rings. The van der Waals surface area contributed by atoms with Crippen LogP contribution in [0.5, 0.6) is 0 Å². The Morgan fingerprint density at radius 3 is 2.15 bits per heavy atom. The van der Waals surface area contributed by atoms with E-state index in [-0.39, 0.29) is 0 Å². The van der Waals surface area contributed by atoms with E-state index in [0.29, 0.717) is 6.04 Å². The second-order valence-electron chi connectivity index (χ2n) is 6.50. The molecule has 0 atom stereocenters. The summed E-state index contributed by atoms with van der Waals surface area (Å²) in [5.41, 5.74) is 2.39. The number of rotatable bonds is 7. The van der Waals surface area contributed by atoms with Gasteiger partial charge in [0.25, 0.3) is 0 Å². The molecule has 0 aliphatic heterocycles. The van der Waals surface area contributed by atoms with Crippen LogP contribution in [0.4, 0.5) is 17.5 Å². The van der Waals surface area contributed by atoms with E-state index in [1.807, 2.05) is 24.4 Å². The minimum atomic E-state index is 0.303. The molecule has 4 nitrogen and oxygen atoms in total. The maximum atomic E-state index is 4.88. The van der Waals surface area contributed by atoms with E-state index in [1.54, 1.807) is 0 Å². The molecule has 2 aromatic carbocycles. The molecule has 0 bridgehead atoms. The van der Waals surface area contributed by atoms with Crippen LogP contribution in [0, 0.1) is 0 Å². The van der Waals surface area contributed by atoms with E-state index in [2.05, 4.69) is 84.1 Å². The second-order valence-corrected chi connectivity index (χ2v) is 6.50. The van der Waals surface area contributed by atoms with Crippen molar-refractivity contribution in [3.63, 3.8) is 0 Å². The molecule has 0 N–H and O–H groups in total. The first kappa shape index (κ1) is 17.9. The van der Waals surface area contributed by atoms with Gasteiger partial charge in [0.2, 0.25) is 5.95 Å². The third-order valence-electron chi connectivity index (χ3n) is 4.36. The predicted molar refractivity (Wildman–Crippen MR) is 109 cm³/mol. The van der Waals surface area contributed by atoms with Crippen LogP contribution in [0.3, 0.4) is 0 Å². The van der Waals surface area contributed by atoms with Crippen molar-refractivity contribution < 1.29 is 0 Å². The van der Waals surface area contributed by atoms with Crippen molar-refractivity contribution in [1.29, 1.82) is 0 Å². The quantitative estimate of drug-likeness (QED) is 0.599. The molecule has 134 valence electrons. The third-order valence-corrected chi connectivity index (χ3v) is 4.36. The Labute approximate surface area is 156 Å². The highest BCUT2D eigenvalue weighted by molar-refractivity contribution is 5.60. The van der Waals surface area contributed by atoms with Crippen molar-refractivity contribution in [2.75, 3.05) is 16.3 Å². The van der Waals surface area contributed by atoms with Crippen molar-refractivity contribution in [2.24, 2.45) is 0 Å². The van der Waals surface area contributed by atoms with Gasteiger partial charge >= 0.3 is 0 Å². The number of hydrogen-bond donors (Lipinski definition) is 0. The lowest BCUT2D eigenvalue weighted by atomic mass is 10.2. The van der Waals surface area contributed by atoms with Crippen LogP contribution >= 0.6 is 0 Å². The summed E-state index contributed by atoms with van der Waals surface area (Å²) in [5.74, 6) is 1.68. The normalized spacial score (nSPS) is 10.8. The van der Waals surface area contributed by atoms with Crippen molar-refractivity contribution in [3.05, 3.63) is 78.5 Å². The van der Waals surface area contributed by atoms with Crippen LogP contribution in [0.1, 0.15) is 26.3 Å². The Kier molecular flexibility index (Phi) is 5.84. The lowest BCUT2D eigenvalue weighted by Crippen LogP contribution is -2.32. The number of nitrogens with zero attached hydrogens (tertiary/aromatic N) is 4. The highest BCUT2D eigenvalue weighted by Gasteiger charge is 2.16. The molecule has 0 radical (unpaired) electrons. The molecule has 0 amide bonds. The summed E-state index contributed by atoms with van der Waals surface area (Å²) in [7, 11) is 0. The summed E-state index contributed by atoms with van der Waals surface area (Å²) in [5, 5.41) is 0. The Bertz CT molecular complexity index is 803. The molecule has 3 aromatic rings. The van der Waals surface area contributed by atoms with Gasteiger partial charge in [-0.1, -0.05) is 48.5 Å². The summed E-state index contributed by atoms with van der Waals surface area (Å²) in [6, 6.07) is 23.1. The van der Waals surface area contributed by atoms with Gasteiger partial charge in [-0.3, -0.25) is 0 Å². The summed E-state index contributed by atoms with van der Waals surface area (Å²) >= 11 is 0. The molecule has 26 heavy (non-hydrogen) atoms. The topological polar surface area (TPSA) is 32.3 Å². The van der Waals surface area contributed by atoms with Crippen LogP contribution in [0.25, 0.3) is 0 Å². The van der Waals surface area contributed by atoms with Crippen LogP contribution < -0.4 is 9.80 Å². The minimum Gasteiger partial charge on any atom is -0.334 e. The first-order chi connectivity index (χ1) is 12.7. The summed E-state index contributed by atoms with van der Waals surface area (Å²) in [4.78, 5) is 13.9. The number of aromatic nitrogens is 2. The zero-order chi connectivity index (χ0) is 18.4. The average molecular weight is 346 g/mol. The highest BCUT2D eigenvalue weighted by Crippen LogP contribution is 2.25. The molecule has 0 saturated heterocycles. The van der Waals surface area contributed by atoms with Crippen LogP contribution in [0.2, 0.25) is 0 Å². The molecule has 0 unspecified atom stereocenters. The standard InChI is InChI=1S/C22H26N4/c1-4-25(20-13-9-6-10-14-20)21-15-16-23-22(24-21)26(18(2)3)17-19-11-7-5-8-12-19/h5-16,18H,4,17H2,1-3H3. The average Bonchev–Trinajstić information content (AvgIpc) is 2.68. The van der Waals surface area contributed by atoms with Gasteiger partial charge in [-0.25, -0.2) is 4.98 Å². The Balaban J connectivity index is 1.91. The summed E-state index contributed by atoms with van der Waals surface area (Å²) in [6.45, 7) is 8.13. The molecule has 0 spiro atoms. The second kappa shape index (κ2) is 8.48. The maximum Gasteiger partial charge on any atom is 0.227 e. The van der Waals surface area contributed by atoms with Crippen LogP contribution in [-0.4, -0.2) is 22.6 Å². The molecule has 1 heterocycles. The van der Waals surface area contributed by atoms with E-state index in [4.69, 9.17) is 4.98 Å². The lowest BCUT2D eigenvalue weighted by molar-refractivity contribution is 0.660. The largest absolute Gasteiger partial charge is 0.334 e. The van der Waals surface area contributed by atoms with Crippen LogP contribution in [0.15, 0.2) is 72.9 Å². The molecule has 3 rings (SSSR count). The van der Waals surface area contributed by atoms with Gasteiger partial charge < -0.3 is 9.80 Å². The predicted octanol–water partition coefficient (Wildman–Crippen LogP) is 5.05. The maximum absolute atomic E-state index is 4.88. The lowest BCUT2D eigenvalue weighted by Gasteiger charge is -2.28. The number of hydrogen-bond acceptors (Lipinski definition) is 4. The monoisotopic (exact) mass is 346 g/mol. The third kappa shape index (κ3) is 4.20. The van der Waals surface area contributed by atoms with Gasteiger partial charge in [0.1, 0.15) is 5.82 Å². The fraction of sp³-hybridized carbons (Fsp3) is 0.273. The van der Waals surface area contributed by atoms with E-state index < -0.39 is 0 Å². The molecule has 1 aromatic heterocycles. The molecule has 4 heteroatoms. The summed E-state index contributed by atoms with van der Waals surface area (Å²) < 4.78 is 0. The highest BCUT2D eigenvalue weighted by atomic mass is 15.3. The Hall–Kier alpha value is -2.88. The van der Waals surface area contributed by atoms with Gasteiger partial charge in [0.15, 0.2) is 0 Å². The molecular formula is C22H26N4. The van der Waals surface area contributed by atoms with Gasteiger partial charge in [-0.2, -0.15) is 4.98 Å². The number of benzene rings is 2. The smallest absolute Gasteiger partial charge is 0.227 e. The Morgan fingerprint density at radius 1 is 0.885 bits per heavy atom. The van der Waals surface area contributed by atoms with E-state index in [0.717, 1.165) is 30.5 Å². The molecular weight excluding hydrogens is 320 g/mol. The molecule has 0 saturated carbocycles. The SMILES string of the molecule is CCN(c1ccccc1)c1ccnc(N(Cc2ccccc2)C(C)C)n1. The van der Waals surface area contributed by atoms with E-state index >= 15 is 0 Å². The first-order valence-corrected chi connectivity index (χ1v) is 9.15. The molecule has 0 aliphatic carbocycles. The van der Waals surface area contributed by atoms with Crippen molar-refractivity contribution in [2.45, 2.75) is 33.4 Å².